The zero-order valence-electron chi connectivity index (χ0n) is 8.30. The molecule has 0 amide bonds. The summed E-state index contributed by atoms with van der Waals surface area (Å²) in [4.78, 5) is 0. The highest BCUT2D eigenvalue weighted by atomic mass is 127. The highest BCUT2D eigenvalue weighted by Gasteiger charge is 2.41. The van der Waals surface area contributed by atoms with Gasteiger partial charge < -0.3 is 5.11 Å². The summed E-state index contributed by atoms with van der Waals surface area (Å²) in [7, 11) is 0. The first-order valence-electron chi connectivity index (χ1n) is 5.20. The first-order valence-corrected chi connectivity index (χ1v) is 6.45. The highest BCUT2D eigenvalue weighted by molar-refractivity contribution is 14.1. The molecule has 0 heterocycles. The summed E-state index contributed by atoms with van der Waals surface area (Å²) in [5.74, 6) is 0. The van der Waals surface area contributed by atoms with Crippen LogP contribution >= 0.6 is 22.6 Å². The summed E-state index contributed by atoms with van der Waals surface area (Å²) in [5.41, 5.74) is 0.248. The van der Waals surface area contributed by atoms with Gasteiger partial charge in [0.15, 0.2) is 0 Å². The van der Waals surface area contributed by atoms with Crippen LogP contribution in [0.4, 0.5) is 0 Å². The molecule has 1 rings (SSSR count). The third kappa shape index (κ3) is 2.69. The van der Waals surface area contributed by atoms with E-state index in [9.17, 15) is 5.11 Å². The van der Waals surface area contributed by atoms with Crippen LogP contribution in [0.2, 0.25) is 0 Å². The number of halogens is 1. The second-order valence-electron chi connectivity index (χ2n) is 4.08. The molecular weight excluding hydrogens is 275 g/mol. The SMILES string of the molecule is CCCCC1(C(O)C=CI)CCC1. The van der Waals surface area contributed by atoms with Crippen molar-refractivity contribution < 1.29 is 5.11 Å². The van der Waals surface area contributed by atoms with Crippen molar-refractivity contribution >= 4 is 22.6 Å². The maximum absolute atomic E-state index is 9.95. The third-order valence-corrected chi connectivity index (χ3v) is 3.68. The van der Waals surface area contributed by atoms with E-state index in [1.165, 1.54) is 38.5 Å². The Morgan fingerprint density at radius 3 is 2.62 bits per heavy atom. The Bertz CT molecular complexity index is 173. The standard InChI is InChI=1S/C11H19IO/c1-2-3-6-11(7-4-8-11)10(13)5-9-12/h5,9-10,13H,2-4,6-8H2,1H3. The van der Waals surface area contributed by atoms with Crippen LogP contribution in [0.25, 0.3) is 0 Å². The average molecular weight is 294 g/mol. The van der Waals surface area contributed by atoms with E-state index in [1.54, 1.807) is 0 Å². The van der Waals surface area contributed by atoms with Gasteiger partial charge in [0.05, 0.1) is 6.10 Å². The van der Waals surface area contributed by atoms with Crippen molar-refractivity contribution in [3.05, 3.63) is 10.2 Å². The van der Waals surface area contributed by atoms with E-state index < -0.39 is 0 Å². The maximum Gasteiger partial charge on any atom is 0.0784 e. The van der Waals surface area contributed by atoms with Crippen molar-refractivity contribution in [3.8, 4) is 0 Å². The molecule has 1 aliphatic rings. The van der Waals surface area contributed by atoms with Crippen LogP contribution in [0.15, 0.2) is 10.2 Å². The predicted molar refractivity (Wildman–Crippen MR) is 65.0 cm³/mol. The highest BCUT2D eigenvalue weighted by Crippen LogP contribution is 2.48. The zero-order valence-corrected chi connectivity index (χ0v) is 10.5. The summed E-state index contributed by atoms with van der Waals surface area (Å²) >= 11 is 2.18. The largest absolute Gasteiger partial charge is 0.388 e. The van der Waals surface area contributed by atoms with E-state index >= 15 is 0 Å². The number of rotatable bonds is 5. The quantitative estimate of drug-likeness (QED) is 0.767. The smallest absolute Gasteiger partial charge is 0.0784 e. The monoisotopic (exact) mass is 294 g/mol. The molecule has 0 saturated heterocycles. The lowest BCUT2D eigenvalue weighted by Gasteiger charge is -2.45. The summed E-state index contributed by atoms with van der Waals surface area (Å²) in [6, 6.07) is 0. The Kier molecular flexibility index (Phi) is 4.73. The molecule has 0 aromatic rings. The molecule has 2 heteroatoms. The molecule has 1 saturated carbocycles. The fraction of sp³-hybridized carbons (Fsp3) is 0.818. The number of aliphatic hydroxyl groups is 1. The van der Waals surface area contributed by atoms with Gasteiger partial charge in [-0.15, -0.1) is 0 Å². The van der Waals surface area contributed by atoms with Gasteiger partial charge in [-0.3, -0.25) is 0 Å². The molecule has 0 bridgehead atoms. The molecular formula is C11H19IO. The summed E-state index contributed by atoms with van der Waals surface area (Å²) in [5, 5.41) is 9.95. The predicted octanol–water partition coefficient (Wildman–Crippen LogP) is 3.66. The van der Waals surface area contributed by atoms with Crippen LogP contribution in [0, 0.1) is 5.41 Å². The van der Waals surface area contributed by atoms with Crippen molar-refractivity contribution in [1.29, 1.82) is 0 Å². The lowest BCUT2D eigenvalue weighted by Crippen LogP contribution is -2.40. The van der Waals surface area contributed by atoms with E-state index in [2.05, 4.69) is 29.5 Å². The number of aliphatic hydroxyl groups excluding tert-OH is 1. The van der Waals surface area contributed by atoms with Crippen LogP contribution in [0.5, 0.6) is 0 Å². The topological polar surface area (TPSA) is 20.2 Å². The van der Waals surface area contributed by atoms with Gasteiger partial charge in [-0.05, 0) is 34.8 Å². The Balaban J connectivity index is 2.47. The number of hydrogen-bond donors (Lipinski definition) is 1. The van der Waals surface area contributed by atoms with Crippen molar-refractivity contribution in [2.45, 2.75) is 51.6 Å². The Labute approximate surface area is 94.7 Å². The van der Waals surface area contributed by atoms with Crippen molar-refractivity contribution in [2.24, 2.45) is 5.41 Å². The molecule has 76 valence electrons. The van der Waals surface area contributed by atoms with Gasteiger partial charge in [-0.2, -0.15) is 0 Å². The second-order valence-corrected chi connectivity index (χ2v) is 4.80. The Morgan fingerprint density at radius 1 is 1.54 bits per heavy atom. The molecule has 1 atom stereocenters. The van der Waals surface area contributed by atoms with E-state index in [1.807, 2.05) is 10.2 Å². The van der Waals surface area contributed by atoms with Crippen LogP contribution in [0.1, 0.15) is 45.4 Å². The van der Waals surface area contributed by atoms with Gasteiger partial charge in [0, 0.05) is 0 Å². The van der Waals surface area contributed by atoms with E-state index in [0.717, 1.165) is 0 Å². The minimum atomic E-state index is -0.204. The van der Waals surface area contributed by atoms with Gasteiger partial charge in [0.1, 0.15) is 0 Å². The van der Waals surface area contributed by atoms with Crippen molar-refractivity contribution in [3.63, 3.8) is 0 Å². The summed E-state index contributed by atoms with van der Waals surface area (Å²) < 4.78 is 1.94. The fourth-order valence-electron chi connectivity index (χ4n) is 2.13. The minimum absolute atomic E-state index is 0.204. The van der Waals surface area contributed by atoms with Gasteiger partial charge in [-0.1, -0.05) is 48.8 Å². The second kappa shape index (κ2) is 5.35. The van der Waals surface area contributed by atoms with Gasteiger partial charge in [-0.25, -0.2) is 0 Å². The van der Waals surface area contributed by atoms with Gasteiger partial charge >= 0.3 is 0 Å². The Hall–Kier alpha value is 0.430. The van der Waals surface area contributed by atoms with Gasteiger partial charge in [0.25, 0.3) is 0 Å². The first-order chi connectivity index (χ1) is 6.25. The average Bonchev–Trinajstić information content (AvgIpc) is 2.03. The van der Waals surface area contributed by atoms with E-state index in [0.29, 0.717) is 0 Å². The van der Waals surface area contributed by atoms with E-state index in [-0.39, 0.29) is 11.5 Å². The van der Waals surface area contributed by atoms with E-state index in [4.69, 9.17) is 0 Å². The fourth-order valence-corrected chi connectivity index (χ4v) is 2.52. The molecule has 0 aromatic heterocycles. The lowest BCUT2D eigenvalue weighted by atomic mass is 9.62. The molecule has 1 fully saturated rings. The molecule has 1 unspecified atom stereocenters. The molecule has 1 nitrogen and oxygen atoms in total. The van der Waals surface area contributed by atoms with Crippen LogP contribution in [-0.4, -0.2) is 11.2 Å². The lowest BCUT2D eigenvalue weighted by molar-refractivity contribution is -0.0138. The number of hydrogen-bond acceptors (Lipinski definition) is 1. The normalized spacial score (nSPS) is 23.0. The van der Waals surface area contributed by atoms with Crippen LogP contribution in [-0.2, 0) is 0 Å². The van der Waals surface area contributed by atoms with Crippen molar-refractivity contribution in [2.75, 3.05) is 0 Å². The van der Waals surface area contributed by atoms with Crippen LogP contribution in [0.3, 0.4) is 0 Å². The zero-order chi connectivity index (χ0) is 9.73. The molecule has 13 heavy (non-hydrogen) atoms. The minimum Gasteiger partial charge on any atom is -0.388 e. The number of unbranched alkanes of at least 4 members (excludes halogenated alkanes) is 1. The van der Waals surface area contributed by atoms with Crippen LogP contribution < -0.4 is 0 Å². The first kappa shape index (κ1) is 11.5. The summed E-state index contributed by atoms with van der Waals surface area (Å²) in [6.45, 7) is 2.22. The third-order valence-electron chi connectivity index (χ3n) is 3.26. The Morgan fingerprint density at radius 2 is 2.23 bits per heavy atom. The molecule has 0 aromatic carbocycles. The summed E-state index contributed by atoms with van der Waals surface area (Å²) in [6.07, 6.45) is 9.17. The molecule has 0 radical (unpaired) electrons. The molecule has 1 aliphatic carbocycles. The maximum atomic E-state index is 9.95. The van der Waals surface area contributed by atoms with Gasteiger partial charge in [0.2, 0.25) is 0 Å². The van der Waals surface area contributed by atoms with Crippen molar-refractivity contribution in [1.82, 2.24) is 0 Å². The molecule has 0 aliphatic heterocycles. The molecule has 1 N–H and O–H groups in total. The molecule has 0 spiro atoms.